The highest BCUT2D eigenvalue weighted by Crippen LogP contribution is 2.25. The minimum atomic E-state index is 0. The van der Waals surface area contributed by atoms with Gasteiger partial charge in [-0.15, -0.1) is 0 Å². The van der Waals surface area contributed by atoms with Gasteiger partial charge in [0.1, 0.15) is 11.6 Å². The average Bonchev–Trinajstić information content (AvgIpc) is 3.48. The summed E-state index contributed by atoms with van der Waals surface area (Å²) < 4.78 is 0.404. The van der Waals surface area contributed by atoms with Gasteiger partial charge in [0.2, 0.25) is 0 Å². The fourth-order valence-corrected chi connectivity index (χ4v) is 4.48. The standard InChI is InChI=1S/C12H17N3OS.C10H13N3OS.2CH4.H2/c1-8(16)10-7-13-12(17-2)15-11(10)14-9-5-3-4-6-9;14-6-7-5-11-10(15)13-9(7)12-8-3-1-2-4-8;;;/h7,9H,3-6H2,1-2H3,(H,13,14,15);5-6,8H,1-4H2,(H2,11,12,13,15);2*1H4;1H/i;;;;1+1. The number of ketones is 1. The highest BCUT2D eigenvalue weighted by Gasteiger charge is 2.19. The number of nitrogens with one attached hydrogen (secondary N) is 3. The van der Waals surface area contributed by atoms with Gasteiger partial charge in [0.15, 0.2) is 22.0 Å². The van der Waals surface area contributed by atoms with Gasteiger partial charge in [-0.1, -0.05) is 52.3 Å². The molecule has 0 bridgehead atoms. The first-order valence-corrected chi connectivity index (χ1v) is 12.6. The van der Waals surface area contributed by atoms with Gasteiger partial charge in [0.25, 0.3) is 0 Å². The molecule has 10 heteroatoms. The number of hydrogen-bond acceptors (Lipinski definition) is 9. The molecule has 2 heterocycles. The SMILES string of the molecule is C.C.CSc1ncc(C(C)=O)c(NC2CCCC2)n1.O=Cc1cnc(=S)[nH]c1NC1CCCC1.[2HH]. The second-order valence-electron chi connectivity index (χ2n) is 8.06. The van der Waals surface area contributed by atoms with Gasteiger partial charge < -0.3 is 15.6 Å². The Morgan fingerprint density at radius 2 is 1.68 bits per heavy atom. The molecular formula is C24H40N6O2S2. The number of aromatic amines is 1. The Morgan fingerprint density at radius 3 is 2.21 bits per heavy atom. The normalized spacial score (nSPS) is 15.4. The molecule has 2 saturated carbocycles. The van der Waals surface area contributed by atoms with E-state index in [-0.39, 0.29) is 22.1 Å². The zero-order chi connectivity index (χ0) is 22.9. The Morgan fingerprint density at radius 1 is 1.09 bits per heavy atom. The van der Waals surface area contributed by atoms with Crippen LogP contribution < -0.4 is 10.6 Å². The molecule has 2 aliphatic carbocycles. The van der Waals surface area contributed by atoms with E-state index in [1.54, 1.807) is 13.1 Å². The number of anilines is 2. The number of aldehydes is 1. The van der Waals surface area contributed by atoms with Crippen molar-refractivity contribution in [3.05, 3.63) is 28.3 Å². The lowest BCUT2D eigenvalue weighted by Crippen LogP contribution is -2.18. The molecule has 4 rings (SSSR count). The molecule has 2 fully saturated rings. The smallest absolute Gasteiger partial charge is 0.198 e. The van der Waals surface area contributed by atoms with Crippen LogP contribution in [0.3, 0.4) is 0 Å². The highest BCUT2D eigenvalue weighted by molar-refractivity contribution is 7.98. The quantitative estimate of drug-likeness (QED) is 0.125. The number of nitrogens with zero attached hydrogens (tertiary/aromatic N) is 3. The topological polar surface area (TPSA) is 113 Å². The Labute approximate surface area is 214 Å². The lowest BCUT2D eigenvalue weighted by Gasteiger charge is -2.15. The maximum absolute atomic E-state index is 11.5. The second kappa shape index (κ2) is 14.8. The van der Waals surface area contributed by atoms with Gasteiger partial charge in [-0.3, -0.25) is 9.59 Å². The Kier molecular flexibility index (Phi) is 13.0. The zero-order valence-electron chi connectivity index (χ0n) is 18.5. The van der Waals surface area contributed by atoms with E-state index in [1.165, 1.54) is 43.6 Å². The minimum Gasteiger partial charge on any atom is -0.368 e. The van der Waals surface area contributed by atoms with E-state index in [1.807, 2.05) is 6.26 Å². The van der Waals surface area contributed by atoms with Crippen molar-refractivity contribution in [1.29, 1.82) is 0 Å². The number of thioether (sulfide) groups is 1. The van der Waals surface area contributed by atoms with Crippen LogP contribution >= 0.6 is 24.0 Å². The maximum Gasteiger partial charge on any atom is 0.198 e. The third kappa shape index (κ3) is 8.47. The first kappa shape index (κ1) is 29.7. The minimum absolute atomic E-state index is 0. The van der Waals surface area contributed by atoms with Crippen molar-refractivity contribution in [2.45, 2.75) is 90.4 Å². The second-order valence-corrected chi connectivity index (χ2v) is 9.22. The van der Waals surface area contributed by atoms with E-state index in [9.17, 15) is 9.59 Å². The highest BCUT2D eigenvalue weighted by atomic mass is 32.2. The van der Waals surface area contributed by atoms with Crippen LogP contribution in [0.5, 0.6) is 0 Å². The van der Waals surface area contributed by atoms with Crippen molar-refractivity contribution in [1.82, 2.24) is 19.9 Å². The summed E-state index contributed by atoms with van der Waals surface area (Å²) in [6.45, 7) is 1.55. The summed E-state index contributed by atoms with van der Waals surface area (Å²) in [6, 6.07) is 0.912. The van der Waals surface area contributed by atoms with Gasteiger partial charge in [-0.25, -0.2) is 15.0 Å². The molecule has 0 atom stereocenters. The van der Waals surface area contributed by atoms with Crippen LogP contribution in [-0.2, 0) is 0 Å². The van der Waals surface area contributed by atoms with E-state index in [0.717, 1.165) is 32.0 Å². The Hall–Kier alpha value is -2.33. The molecule has 8 nitrogen and oxygen atoms in total. The largest absolute Gasteiger partial charge is 0.368 e. The van der Waals surface area contributed by atoms with Crippen LogP contribution in [0.4, 0.5) is 11.6 Å². The first-order chi connectivity index (χ1) is 15.5. The van der Waals surface area contributed by atoms with Gasteiger partial charge in [0.05, 0.1) is 11.1 Å². The fourth-order valence-electron chi connectivity index (χ4n) is 3.98. The van der Waals surface area contributed by atoms with Crippen LogP contribution in [0.1, 0.15) is 95.3 Å². The summed E-state index contributed by atoms with van der Waals surface area (Å²) >= 11 is 6.41. The molecule has 190 valence electrons. The fraction of sp³-hybridized carbons (Fsp3) is 0.583. The number of Topliss-reactive ketones (excluding diaryl/α,β-unsaturated/α-hetero) is 1. The molecule has 0 spiro atoms. The molecule has 34 heavy (non-hydrogen) atoms. The molecule has 0 aromatic carbocycles. The maximum atomic E-state index is 11.5. The van der Waals surface area contributed by atoms with E-state index in [2.05, 4.69) is 30.6 Å². The van der Waals surface area contributed by atoms with Crippen molar-refractivity contribution in [3.8, 4) is 0 Å². The molecule has 0 amide bonds. The average molecular weight is 510 g/mol. The molecule has 3 N–H and O–H groups in total. The van der Waals surface area contributed by atoms with Gasteiger partial charge >= 0.3 is 0 Å². The predicted octanol–water partition coefficient (Wildman–Crippen LogP) is 6.58. The molecule has 2 aliphatic rings. The van der Waals surface area contributed by atoms with Crippen molar-refractivity contribution < 1.29 is 11.0 Å². The number of rotatable bonds is 7. The molecule has 2 aromatic heterocycles. The number of aromatic nitrogens is 4. The summed E-state index contributed by atoms with van der Waals surface area (Å²) in [4.78, 5) is 37.6. The summed E-state index contributed by atoms with van der Waals surface area (Å²) in [5.41, 5.74) is 1.13. The summed E-state index contributed by atoms with van der Waals surface area (Å²) in [7, 11) is 0. The first-order valence-electron chi connectivity index (χ1n) is 11.0. The lowest BCUT2D eigenvalue weighted by atomic mass is 10.2. The molecular weight excluding hydrogens is 468 g/mol. The molecule has 0 saturated heterocycles. The Bertz CT molecular complexity index is 992. The van der Waals surface area contributed by atoms with Gasteiger partial charge in [-0.2, -0.15) is 0 Å². The zero-order valence-corrected chi connectivity index (χ0v) is 20.2. The number of carbonyl (C=O) groups excluding carboxylic acids is 2. The lowest BCUT2D eigenvalue weighted by molar-refractivity contribution is 0.101. The Balaban J connectivity index is 0.000000612. The molecule has 0 aliphatic heterocycles. The van der Waals surface area contributed by atoms with Gasteiger partial charge in [0, 0.05) is 25.9 Å². The van der Waals surface area contributed by atoms with Crippen molar-refractivity contribution in [3.63, 3.8) is 0 Å². The van der Waals surface area contributed by atoms with Crippen LogP contribution in [0.15, 0.2) is 17.6 Å². The van der Waals surface area contributed by atoms with E-state index >= 15 is 0 Å². The summed E-state index contributed by atoms with van der Waals surface area (Å²) in [5.74, 6) is 1.42. The van der Waals surface area contributed by atoms with E-state index in [4.69, 9.17) is 12.2 Å². The van der Waals surface area contributed by atoms with E-state index < -0.39 is 0 Å². The van der Waals surface area contributed by atoms with Gasteiger partial charge in [-0.05, 0) is 51.1 Å². The van der Waals surface area contributed by atoms with Crippen LogP contribution in [0.25, 0.3) is 0 Å². The third-order valence-corrected chi connectivity index (χ3v) is 6.47. The van der Waals surface area contributed by atoms with Crippen LogP contribution in [-0.4, -0.2) is 50.3 Å². The molecule has 0 unspecified atom stereocenters. The van der Waals surface area contributed by atoms with Crippen LogP contribution in [0, 0.1) is 4.77 Å². The van der Waals surface area contributed by atoms with Crippen molar-refractivity contribution in [2.24, 2.45) is 0 Å². The van der Waals surface area contributed by atoms with E-state index in [0.29, 0.717) is 44.8 Å². The summed E-state index contributed by atoms with van der Waals surface area (Å²) in [5, 5.41) is 7.39. The number of H-pyrrole nitrogens is 1. The third-order valence-electron chi connectivity index (χ3n) is 5.70. The summed E-state index contributed by atoms with van der Waals surface area (Å²) in [6.07, 6.45) is 15.5. The van der Waals surface area contributed by atoms with Crippen molar-refractivity contribution in [2.75, 3.05) is 16.9 Å². The molecule has 2 aromatic rings. The monoisotopic (exact) mass is 509 g/mol. The molecule has 0 radical (unpaired) electrons. The number of hydrogen-bond donors (Lipinski definition) is 3. The van der Waals surface area contributed by atoms with Crippen LogP contribution in [0.2, 0.25) is 0 Å². The predicted molar refractivity (Wildman–Crippen MR) is 146 cm³/mol. The van der Waals surface area contributed by atoms with Crippen molar-refractivity contribution >= 4 is 47.7 Å². The number of carbonyl (C=O) groups is 2.